The molecule has 1 rings (SSSR count). The molecule has 0 fully saturated rings. The van der Waals surface area contributed by atoms with Gasteiger partial charge < -0.3 is 0 Å². The molecular weight excluding hydrogens is 289 g/mol. The Morgan fingerprint density at radius 1 is 1.25 bits per heavy atom. The Morgan fingerprint density at radius 3 is 2.56 bits per heavy atom. The van der Waals surface area contributed by atoms with Crippen LogP contribution in [0.2, 0.25) is 4.34 Å². The zero-order chi connectivity index (χ0) is 12.0. The van der Waals surface area contributed by atoms with Crippen LogP contribution in [0, 0.1) is 0 Å². The maximum atomic E-state index is 11.7. The van der Waals surface area contributed by atoms with Crippen LogP contribution in [0.1, 0.15) is 19.3 Å². The largest absolute Gasteiger partial charge is 0.250 e. The Labute approximate surface area is 110 Å². The monoisotopic (exact) mass is 301 g/mol. The maximum Gasteiger partial charge on any atom is 0.250 e. The number of thiophene rings is 1. The lowest BCUT2D eigenvalue weighted by Gasteiger charge is -2.03. The number of nitrogens with one attached hydrogen (secondary N) is 1. The summed E-state index contributed by atoms with van der Waals surface area (Å²) in [5, 5.41) is 0. The van der Waals surface area contributed by atoms with Gasteiger partial charge in [0.05, 0.1) is 4.34 Å². The van der Waals surface area contributed by atoms with Crippen molar-refractivity contribution in [3.63, 3.8) is 0 Å². The molecule has 1 aromatic heterocycles. The van der Waals surface area contributed by atoms with Crippen molar-refractivity contribution in [1.29, 1.82) is 0 Å². The zero-order valence-electron chi connectivity index (χ0n) is 8.58. The van der Waals surface area contributed by atoms with Crippen molar-refractivity contribution in [2.24, 2.45) is 0 Å². The number of hydrogen-bond acceptors (Lipinski definition) is 3. The van der Waals surface area contributed by atoms with Gasteiger partial charge in [0, 0.05) is 12.4 Å². The fraction of sp³-hybridized carbons (Fsp3) is 0.556. The van der Waals surface area contributed by atoms with Gasteiger partial charge in [-0.2, -0.15) is 0 Å². The highest BCUT2D eigenvalue weighted by molar-refractivity contribution is 7.91. The van der Waals surface area contributed by atoms with E-state index in [0.717, 1.165) is 30.6 Å². The summed E-state index contributed by atoms with van der Waals surface area (Å²) in [5.74, 6) is 0.618. The second-order valence-corrected chi connectivity index (χ2v) is 7.29. The third-order valence-electron chi connectivity index (χ3n) is 1.92. The number of halogens is 2. The van der Waals surface area contributed by atoms with Gasteiger partial charge in [0.25, 0.3) is 0 Å². The van der Waals surface area contributed by atoms with E-state index in [0.29, 0.717) is 16.8 Å². The summed E-state index contributed by atoms with van der Waals surface area (Å²) in [6, 6.07) is 3.09. The van der Waals surface area contributed by atoms with Crippen LogP contribution in [0.3, 0.4) is 0 Å². The Hall–Kier alpha value is 0.190. The lowest BCUT2D eigenvalue weighted by Crippen LogP contribution is -2.23. The minimum Gasteiger partial charge on any atom is -0.210 e. The molecule has 0 radical (unpaired) electrons. The smallest absolute Gasteiger partial charge is 0.210 e. The highest BCUT2D eigenvalue weighted by Gasteiger charge is 2.15. The van der Waals surface area contributed by atoms with Crippen LogP contribution < -0.4 is 4.72 Å². The zero-order valence-corrected chi connectivity index (χ0v) is 11.7. The number of rotatable bonds is 7. The molecule has 0 amide bonds. The molecule has 1 aromatic rings. The molecule has 0 saturated carbocycles. The highest BCUT2D eigenvalue weighted by Crippen LogP contribution is 2.25. The van der Waals surface area contributed by atoms with E-state index in [4.69, 9.17) is 23.2 Å². The maximum absolute atomic E-state index is 11.7. The normalized spacial score (nSPS) is 11.9. The molecule has 3 nitrogen and oxygen atoms in total. The van der Waals surface area contributed by atoms with Gasteiger partial charge in [-0.15, -0.1) is 22.9 Å². The predicted molar refractivity (Wildman–Crippen MR) is 69.1 cm³/mol. The van der Waals surface area contributed by atoms with Crippen molar-refractivity contribution in [2.75, 3.05) is 12.4 Å². The van der Waals surface area contributed by atoms with Crippen molar-refractivity contribution in [1.82, 2.24) is 4.72 Å². The third kappa shape index (κ3) is 4.59. The number of sulfonamides is 1. The van der Waals surface area contributed by atoms with Gasteiger partial charge in [0.15, 0.2) is 0 Å². The molecule has 0 bridgehead atoms. The van der Waals surface area contributed by atoms with E-state index in [9.17, 15) is 8.42 Å². The Kier molecular flexibility index (Phi) is 6.07. The first kappa shape index (κ1) is 14.3. The summed E-state index contributed by atoms with van der Waals surface area (Å²) in [6.07, 6.45) is 2.64. The molecule has 0 aliphatic heterocycles. The number of unbranched alkanes of at least 4 members (excludes halogenated alkanes) is 2. The average molecular weight is 302 g/mol. The first-order valence-electron chi connectivity index (χ1n) is 4.87. The van der Waals surface area contributed by atoms with Crippen LogP contribution in [0.4, 0.5) is 0 Å². The molecule has 92 valence electrons. The summed E-state index contributed by atoms with van der Waals surface area (Å²) in [4.78, 5) is 0. The van der Waals surface area contributed by atoms with E-state index in [-0.39, 0.29) is 4.21 Å². The molecular formula is C9H13Cl2NO2S2. The first-order valence-corrected chi connectivity index (χ1v) is 8.08. The minimum absolute atomic E-state index is 0.259. The van der Waals surface area contributed by atoms with E-state index in [1.807, 2.05) is 0 Å². The SMILES string of the molecule is O=S(=O)(NCCCCCCl)c1ccc(Cl)s1. The Bertz CT molecular complexity index is 417. The molecule has 1 N–H and O–H groups in total. The fourth-order valence-electron chi connectivity index (χ4n) is 1.12. The topological polar surface area (TPSA) is 46.2 Å². The molecule has 0 saturated heterocycles. The molecule has 0 atom stereocenters. The molecule has 0 aromatic carbocycles. The second-order valence-electron chi connectivity index (χ2n) is 3.21. The summed E-state index contributed by atoms with van der Waals surface area (Å²) in [5.41, 5.74) is 0. The van der Waals surface area contributed by atoms with Gasteiger partial charge in [0.1, 0.15) is 4.21 Å². The Morgan fingerprint density at radius 2 is 2.00 bits per heavy atom. The molecule has 0 aliphatic carbocycles. The third-order valence-corrected chi connectivity index (χ3v) is 5.37. The highest BCUT2D eigenvalue weighted by atomic mass is 35.5. The molecule has 16 heavy (non-hydrogen) atoms. The van der Waals surface area contributed by atoms with Crippen molar-refractivity contribution >= 4 is 44.6 Å². The first-order chi connectivity index (χ1) is 7.56. The van der Waals surface area contributed by atoms with Gasteiger partial charge in [-0.1, -0.05) is 18.0 Å². The minimum atomic E-state index is -3.38. The molecule has 0 spiro atoms. The van der Waals surface area contributed by atoms with Gasteiger partial charge in [0.2, 0.25) is 10.0 Å². The molecule has 0 unspecified atom stereocenters. The van der Waals surface area contributed by atoms with Crippen molar-refractivity contribution in [3.05, 3.63) is 16.5 Å². The van der Waals surface area contributed by atoms with Crippen molar-refractivity contribution < 1.29 is 8.42 Å². The molecule has 0 aliphatic rings. The Balaban J connectivity index is 2.41. The number of alkyl halides is 1. The van der Waals surface area contributed by atoms with Gasteiger partial charge in [-0.3, -0.25) is 0 Å². The summed E-state index contributed by atoms with van der Waals surface area (Å²) < 4.78 is 26.6. The van der Waals surface area contributed by atoms with Gasteiger partial charge in [-0.05, 0) is 25.0 Å². The second kappa shape index (κ2) is 6.81. The van der Waals surface area contributed by atoms with Crippen LogP contribution in [-0.4, -0.2) is 20.8 Å². The van der Waals surface area contributed by atoms with Crippen LogP contribution in [0.25, 0.3) is 0 Å². The number of hydrogen-bond donors (Lipinski definition) is 1. The summed E-state index contributed by atoms with van der Waals surface area (Å²) >= 11 is 12.3. The van der Waals surface area contributed by atoms with E-state index < -0.39 is 10.0 Å². The van der Waals surface area contributed by atoms with Crippen molar-refractivity contribution in [2.45, 2.75) is 23.5 Å². The van der Waals surface area contributed by atoms with Crippen molar-refractivity contribution in [3.8, 4) is 0 Å². The van der Waals surface area contributed by atoms with Gasteiger partial charge in [-0.25, -0.2) is 13.1 Å². The van der Waals surface area contributed by atoms with Crippen LogP contribution in [0.15, 0.2) is 16.3 Å². The lowest BCUT2D eigenvalue weighted by atomic mass is 10.2. The van der Waals surface area contributed by atoms with Crippen LogP contribution in [-0.2, 0) is 10.0 Å². The fourth-order valence-corrected chi connectivity index (χ4v) is 3.91. The average Bonchev–Trinajstić information content (AvgIpc) is 2.65. The quantitative estimate of drug-likeness (QED) is 0.621. The van der Waals surface area contributed by atoms with E-state index >= 15 is 0 Å². The van der Waals surface area contributed by atoms with E-state index in [2.05, 4.69) is 4.72 Å². The summed E-state index contributed by atoms with van der Waals surface area (Å²) in [7, 11) is -3.38. The van der Waals surface area contributed by atoms with Crippen LogP contribution in [0.5, 0.6) is 0 Å². The van der Waals surface area contributed by atoms with Crippen LogP contribution >= 0.6 is 34.5 Å². The lowest BCUT2D eigenvalue weighted by molar-refractivity contribution is 0.578. The summed E-state index contributed by atoms with van der Waals surface area (Å²) in [6.45, 7) is 0.439. The van der Waals surface area contributed by atoms with E-state index in [1.54, 1.807) is 6.07 Å². The molecule has 7 heteroatoms. The molecule has 1 heterocycles. The van der Waals surface area contributed by atoms with Gasteiger partial charge >= 0.3 is 0 Å². The standard InChI is InChI=1S/C9H13Cl2NO2S2/c10-6-2-1-3-7-12-16(13,14)9-5-4-8(11)15-9/h4-5,12H,1-3,6-7H2. The van der Waals surface area contributed by atoms with E-state index in [1.165, 1.54) is 6.07 Å². The predicted octanol–water partition coefficient (Wildman–Crippen LogP) is 3.09.